The highest BCUT2D eigenvalue weighted by molar-refractivity contribution is 5.39. The van der Waals surface area contributed by atoms with Gasteiger partial charge in [-0.05, 0) is 36.5 Å². The van der Waals surface area contributed by atoms with E-state index in [1.807, 2.05) is 6.07 Å². The minimum atomic E-state index is -0.659. The molecule has 2 atom stereocenters. The third-order valence-corrected chi connectivity index (χ3v) is 3.75. The number of ether oxygens (including phenoxy) is 1. The van der Waals surface area contributed by atoms with Crippen LogP contribution in [0.2, 0.25) is 0 Å². The molecule has 17 heavy (non-hydrogen) atoms. The maximum absolute atomic E-state index is 13.4. The van der Waals surface area contributed by atoms with Gasteiger partial charge in [0.25, 0.3) is 0 Å². The van der Waals surface area contributed by atoms with E-state index in [1.54, 1.807) is 0 Å². The molecule has 0 saturated heterocycles. The van der Waals surface area contributed by atoms with E-state index in [0.29, 0.717) is 0 Å². The van der Waals surface area contributed by atoms with Crippen LogP contribution in [0.4, 0.5) is 4.39 Å². The highest BCUT2D eigenvalue weighted by Gasteiger charge is 2.26. The molecular formula is C14H18FNO. The molecule has 1 N–H and O–H groups in total. The van der Waals surface area contributed by atoms with Crippen molar-refractivity contribution in [3.8, 4) is 5.75 Å². The maximum atomic E-state index is 13.4. The van der Waals surface area contributed by atoms with Gasteiger partial charge in [-0.15, -0.1) is 0 Å². The molecule has 0 aromatic heterocycles. The second kappa shape index (κ2) is 4.65. The van der Waals surface area contributed by atoms with Gasteiger partial charge in [0.05, 0.1) is 6.61 Å². The van der Waals surface area contributed by atoms with Crippen LogP contribution in [0.1, 0.15) is 30.4 Å². The van der Waals surface area contributed by atoms with Gasteiger partial charge >= 0.3 is 0 Å². The minimum absolute atomic E-state index is 0.0551. The summed E-state index contributed by atoms with van der Waals surface area (Å²) in [4.78, 5) is 0. The predicted molar refractivity (Wildman–Crippen MR) is 65.0 cm³/mol. The normalized spacial score (nSPS) is 26.9. The van der Waals surface area contributed by atoms with Crippen LogP contribution in [0, 0.1) is 0 Å². The van der Waals surface area contributed by atoms with Crippen molar-refractivity contribution in [1.82, 2.24) is 5.32 Å². The largest absolute Gasteiger partial charge is 0.493 e. The lowest BCUT2D eigenvalue weighted by Gasteiger charge is -2.15. The minimum Gasteiger partial charge on any atom is -0.493 e. The highest BCUT2D eigenvalue weighted by atomic mass is 19.1. The van der Waals surface area contributed by atoms with Crippen molar-refractivity contribution in [3.63, 3.8) is 0 Å². The van der Waals surface area contributed by atoms with Crippen molar-refractivity contribution in [1.29, 1.82) is 0 Å². The van der Waals surface area contributed by atoms with Crippen molar-refractivity contribution in [2.45, 2.75) is 44.4 Å². The van der Waals surface area contributed by atoms with Gasteiger partial charge in [0.15, 0.2) is 0 Å². The second-order valence-corrected chi connectivity index (χ2v) is 4.97. The summed E-state index contributed by atoms with van der Waals surface area (Å²) in [5.74, 6) is 1.01. The molecule has 1 aromatic carbocycles. The predicted octanol–water partition coefficient (Wildman–Crippen LogP) is 2.60. The van der Waals surface area contributed by atoms with Crippen molar-refractivity contribution >= 4 is 0 Å². The van der Waals surface area contributed by atoms with Gasteiger partial charge < -0.3 is 10.1 Å². The smallest absolute Gasteiger partial charge is 0.122 e. The summed E-state index contributed by atoms with van der Waals surface area (Å²) in [7, 11) is 0. The van der Waals surface area contributed by atoms with Crippen LogP contribution >= 0.6 is 0 Å². The Labute approximate surface area is 101 Å². The summed E-state index contributed by atoms with van der Waals surface area (Å²) in [6.07, 6.45) is 3.04. The second-order valence-electron chi connectivity index (χ2n) is 4.97. The Hall–Kier alpha value is -1.09. The first-order valence-corrected chi connectivity index (χ1v) is 6.45. The van der Waals surface area contributed by atoms with Gasteiger partial charge in [-0.25, -0.2) is 4.39 Å². The van der Waals surface area contributed by atoms with Gasteiger partial charge in [0.1, 0.15) is 11.9 Å². The van der Waals surface area contributed by atoms with E-state index in [0.717, 1.165) is 44.6 Å². The number of hydrogen-bond acceptors (Lipinski definition) is 2. The number of halogens is 1. The lowest BCUT2D eigenvalue weighted by Crippen LogP contribution is -2.32. The Morgan fingerprint density at radius 2 is 2.29 bits per heavy atom. The van der Waals surface area contributed by atoms with E-state index in [9.17, 15) is 4.39 Å². The molecule has 92 valence electrons. The van der Waals surface area contributed by atoms with Crippen molar-refractivity contribution in [2.75, 3.05) is 6.61 Å². The Bertz CT molecular complexity index is 407. The summed E-state index contributed by atoms with van der Waals surface area (Å²) in [5, 5.41) is 3.32. The fraction of sp³-hybridized carbons (Fsp3) is 0.571. The molecule has 0 spiro atoms. The van der Waals surface area contributed by atoms with Gasteiger partial charge in [-0.2, -0.15) is 0 Å². The monoisotopic (exact) mass is 235 g/mol. The number of nitrogens with one attached hydrogen (secondary N) is 1. The van der Waals surface area contributed by atoms with Gasteiger partial charge in [-0.3, -0.25) is 0 Å². The Morgan fingerprint density at radius 1 is 1.35 bits per heavy atom. The summed E-state index contributed by atoms with van der Waals surface area (Å²) < 4.78 is 18.9. The maximum Gasteiger partial charge on any atom is 0.122 e. The number of hydrogen-bond donors (Lipinski definition) is 1. The van der Waals surface area contributed by atoms with Crippen molar-refractivity contribution in [3.05, 3.63) is 29.3 Å². The Morgan fingerprint density at radius 3 is 3.12 bits per heavy atom. The molecule has 1 aliphatic carbocycles. The molecule has 0 amide bonds. The molecular weight excluding hydrogens is 217 g/mol. The van der Waals surface area contributed by atoms with E-state index in [2.05, 4.69) is 17.4 Å². The summed E-state index contributed by atoms with van der Waals surface area (Å²) in [6.45, 7) is 1.56. The average Bonchev–Trinajstić information content (AvgIpc) is 2.94. The Kier molecular flexibility index (Phi) is 3.02. The van der Waals surface area contributed by atoms with E-state index < -0.39 is 6.17 Å². The zero-order chi connectivity index (χ0) is 11.7. The molecule has 0 bridgehead atoms. The van der Waals surface area contributed by atoms with Crippen molar-refractivity contribution in [2.24, 2.45) is 0 Å². The zero-order valence-electron chi connectivity index (χ0n) is 9.92. The first-order chi connectivity index (χ1) is 8.33. The van der Waals surface area contributed by atoms with Gasteiger partial charge in [-0.1, -0.05) is 12.1 Å². The van der Waals surface area contributed by atoms with Crippen LogP contribution in [0.3, 0.4) is 0 Å². The Balaban J connectivity index is 1.61. The third-order valence-electron chi connectivity index (χ3n) is 3.75. The molecule has 1 saturated carbocycles. The molecule has 1 heterocycles. The van der Waals surface area contributed by atoms with Gasteiger partial charge in [0, 0.05) is 19.0 Å². The third kappa shape index (κ3) is 2.29. The number of benzene rings is 1. The molecule has 2 unspecified atom stereocenters. The fourth-order valence-electron chi connectivity index (χ4n) is 2.74. The van der Waals surface area contributed by atoms with Crippen LogP contribution in [-0.2, 0) is 13.0 Å². The average molecular weight is 235 g/mol. The lowest BCUT2D eigenvalue weighted by atomic mass is 10.1. The topological polar surface area (TPSA) is 21.3 Å². The van der Waals surface area contributed by atoms with Crippen LogP contribution in [0.25, 0.3) is 0 Å². The molecule has 0 radical (unpaired) electrons. The molecule has 1 aromatic rings. The van der Waals surface area contributed by atoms with Gasteiger partial charge in [0.2, 0.25) is 0 Å². The van der Waals surface area contributed by atoms with E-state index in [-0.39, 0.29) is 6.04 Å². The SMILES string of the molecule is FC1CCCC1NCc1ccc2c(c1)CCO2. The summed E-state index contributed by atoms with van der Waals surface area (Å²) in [6, 6.07) is 6.33. The molecule has 1 fully saturated rings. The molecule has 1 aliphatic heterocycles. The molecule has 2 aliphatic rings. The van der Waals surface area contributed by atoms with Crippen LogP contribution < -0.4 is 10.1 Å². The highest BCUT2D eigenvalue weighted by Crippen LogP contribution is 2.26. The summed E-state index contributed by atoms with van der Waals surface area (Å²) in [5.41, 5.74) is 2.51. The number of fused-ring (bicyclic) bond motifs is 1. The van der Waals surface area contributed by atoms with E-state index in [1.165, 1.54) is 11.1 Å². The molecule has 2 nitrogen and oxygen atoms in total. The first kappa shape index (κ1) is 11.0. The van der Waals surface area contributed by atoms with Crippen LogP contribution in [0.5, 0.6) is 5.75 Å². The first-order valence-electron chi connectivity index (χ1n) is 6.45. The summed E-state index contributed by atoms with van der Waals surface area (Å²) >= 11 is 0. The quantitative estimate of drug-likeness (QED) is 0.869. The zero-order valence-corrected chi connectivity index (χ0v) is 9.92. The van der Waals surface area contributed by atoms with Crippen molar-refractivity contribution < 1.29 is 9.13 Å². The molecule has 3 rings (SSSR count). The van der Waals surface area contributed by atoms with Crippen LogP contribution in [-0.4, -0.2) is 18.8 Å². The van der Waals surface area contributed by atoms with E-state index >= 15 is 0 Å². The standard InChI is InChI=1S/C14H18FNO/c15-12-2-1-3-13(12)16-9-10-4-5-14-11(8-10)6-7-17-14/h4-5,8,12-13,16H,1-3,6-7,9H2. The van der Waals surface area contributed by atoms with E-state index in [4.69, 9.17) is 4.74 Å². The van der Waals surface area contributed by atoms with Crippen LogP contribution in [0.15, 0.2) is 18.2 Å². The molecule has 3 heteroatoms. The lowest BCUT2D eigenvalue weighted by molar-refractivity contribution is 0.279. The number of alkyl halides is 1. The number of rotatable bonds is 3. The fourth-order valence-corrected chi connectivity index (χ4v) is 2.74.